The molecule has 7 aromatic carbocycles. The molecule has 0 amide bonds. The summed E-state index contributed by atoms with van der Waals surface area (Å²) in [5.74, 6) is 0. The van der Waals surface area contributed by atoms with Crippen molar-refractivity contribution in [1.82, 2.24) is 4.57 Å². The normalized spacial score (nSPS) is 11.5. The minimum absolute atomic E-state index is 0.668. The Morgan fingerprint density at radius 3 is 1.37 bits per heavy atom. The highest BCUT2D eigenvalue weighted by Gasteiger charge is 2.43. The van der Waals surface area contributed by atoms with Crippen molar-refractivity contribution in [2.24, 2.45) is 0 Å². The van der Waals surface area contributed by atoms with E-state index in [0.29, 0.717) is 5.69 Å². The zero-order valence-electron chi connectivity index (χ0n) is 25.2. The maximum Gasteiger partial charge on any atom is 0.194 e. The second kappa shape index (κ2) is 11.5. The average Bonchev–Trinajstić information content (AvgIpc) is 3.48. The number of hydrogen-bond acceptors (Lipinski definition) is 0. The van der Waals surface area contributed by atoms with Crippen molar-refractivity contribution < 1.29 is 0 Å². The first-order chi connectivity index (χ1) is 22.8. The van der Waals surface area contributed by atoms with Crippen LogP contribution < -0.4 is 20.7 Å². The molecule has 0 atom stereocenters. The van der Waals surface area contributed by atoms with Gasteiger partial charge < -0.3 is 4.57 Å². The number of para-hydroxylation sites is 2. The molecule has 1 aromatic heterocycles. The summed E-state index contributed by atoms with van der Waals surface area (Å²) in [7, 11) is -2.86. The lowest BCUT2D eigenvalue weighted by molar-refractivity contribution is 1.18. The summed E-state index contributed by atoms with van der Waals surface area (Å²) < 4.78 is 2.34. The van der Waals surface area contributed by atoms with Gasteiger partial charge in [-0.3, -0.25) is 0 Å². The fraction of sp³-hybridized carbons (Fsp3) is 0. The molecule has 0 spiro atoms. The van der Waals surface area contributed by atoms with Gasteiger partial charge >= 0.3 is 0 Å². The summed E-state index contributed by atoms with van der Waals surface area (Å²) in [6.07, 6.45) is 0. The van der Waals surface area contributed by atoms with Gasteiger partial charge in [0.1, 0.15) is 0 Å². The number of aromatic nitrogens is 1. The summed E-state index contributed by atoms with van der Waals surface area (Å²) >= 11 is 0. The number of rotatable bonds is 6. The Labute approximate surface area is 270 Å². The highest BCUT2D eigenvalue weighted by molar-refractivity contribution is 7.20. The zero-order valence-corrected chi connectivity index (χ0v) is 26.2. The Morgan fingerprint density at radius 2 is 0.891 bits per heavy atom. The van der Waals surface area contributed by atoms with Gasteiger partial charge in [-0.15, -0.1) is 0 Å². The van der Waals surface area contributed by atoms with E-state index in [4.69, 9.17) is 6.57 Å². The summed E-state index contributed by atoms with van der Waals surface area (Å²) in [5, 5.41) is 7.57. The number of hydrogen-bond donors (Lipinski definition) is 0. The van der Waals surface area contributed by atoms with Crippen LogP contribution in [-0.4, -0.2) is 12.6 Å². The summed E-state index contributed by atoms with van der Waals surface area (Å²) in [6, 6.07) is 65.0. The maximum atomic E-state index is 8.32. The number of benzene rings is 7. The molecule has 0 radical (unpaired) electrons. The highest BCUT2D eigenvalue weighted by Crippen LogP contribution is 2.35. The van der Waals surface area contributed by atoms with Crippen molar-refractivity contribution in [2.75, 3.05) is 0 Å². The molecular formula is C43H30N2Si. The molecule has 1 heterocycles. The van der Waals surface area contributed by atoms with Gasteiger partial charge in [-0.1, -0.05) is 158 Å². The van der Waals surface area contributed by atoms with Crippen molar-refractivity contribution in [3.05, 3.63) is 193 Å². The van der Waals surface area contributed by atoms with E-state index in [0.717, 1.165) is 16.8 Å². The molecular weight excluding hydrogens is 573 g/mol. The second-order valence-corrected chi connectivity index (χ2v) is 15.3. The second-order valence-electron chi connectivity index (χ2n) is 11.6. The average molecular weight is 603 g/mol. The fourth-order valence-corrected chi connectivity index (χ4v) is 12.3. The zero-order chi connectivity index (χ0) is 30.9. The fourth-order valence-electron chi connectivity index (χ4n) is 7.26. The smallest absolute Gasteiger partial charge is 0.194 e. The van der Waals surface area contributed by atoms with Crippen LogP contribution in [-0.2, 0) is 0 Å². The van der Waals surface area contributed by atoms with Crippen LogP contribution in [0.2, 0.25) is 0 Å². The van der Waals surface area contributed by atoms with E-state index in [1.807, 2.05) is 6.07 Å². The molecule has 0 saturated heterocycles. The van der Waals surface area contributed by atoms with Crippen LogP contribution >= 0.6 is 0 Å². The Kier molecular flexibility index (Phi) is 6.91. The van der Waals surface area contributed by atoms with Crippen LogP contribution in [0.25, 0.3) is 43.5 Å². The minimum Gasteiger partial charge on any atom is -0.309 e. The van der Waals surface area contributed by atoms with Crippen LogP contribution in [0.5, 0.6) is 0 Å². The van der Waals surface area contributed by atoms with Crippen LogP contribution in [0.1, 0.15) is 0 Å². The predicted octanol–water partition coefficient (Wildman–Crippen LogP) is 8.38. The summed E-state index contributed by atoms with van der Waals surface area (Å²) in [5.41, 5.74) is 6.19. The van der Waals surface area contributed by atoms with Crippen LogP contribution in [0.15, 0.2) is 182 Å². The van der Waals surface area contributed by atoms with E-state index in [2.05, 4.69) is 185 Å². The molecule has 2 nitrogen and oxygen atoms in total. The summed E-state index contributed by atoms with van der Waals surface area (Å²) in [4.78, 5) is 4.12. The Morgan fingerprint density at radius 1 is 0.435 bits per heavy atom. The molecule has 8 rings (SSSR count). The molecule has 0 fully saturated rings. The van der Waals surface area contributed by atoms with Crippen LogP contribution in [0.3, 0.4) is 0 Å². The third kappa shape index (κ3) is 4.31. The quantitative estimate of drug-likeness (QED) is 0.103. The van der Waals surface area contributed by atoms with Gasteiger partial charge in [0, 0.05) is 16.5 Å². The molecule has 0 unspecified atom stereocenters. The van der Waals surface area contributed by atoms with Gasteiger partial charge in [0.05, 0.1) is 17.6 Å². The Hall–Kier alpha value is -5.95. The van der Waals surface area contributed by atoms with Crippen molar-refractivity contribution in [3.8, 4) is 16.8 Å². The lowest BCUT2D eigenvalue weighted by Gasteiger charge is -2.36. The first kappa shape index (κ1) is 27.6. The number of fused-ring (bicyclic) bond motifs is 3. The van der Waals surface area contributed by atoms with Gasteiger partial charge in [0.2, 0.25) is 0 Å². The van der Waals surface area contributed by atoms with Gasteiger partial charge in [0.15, 0.2) is 13.8 Å². The topological polar surface area (TPSA) is 9.29 Å². The van der Waals surface area contributed by atoms with E-state index >= 15 is 0 Å². The van der Waals surface area contributed by atoms with E-state index < -0.39 is 8.07 Å². The van der Waals surface area contributed by atoms with E-state index in [1.54, 1.807) is 0 Å². The third-order valence-corrected chi connectivity index (χ3v) is 14.0. The molecule has 0 aliphatic rings. The molecule has 0 saturated carbocycles. The van der Waals surface area contributed by atoms with E-state index in [1.165, 1.54) is 42.6 Å². The molecule has 0 aliphatic carbocycles. The Bertz CT molecular complexity index is 2200. The molecule has 0 bridgehead atoms. The minimum atomic E-state index is -2.86. The van der Waals surface area contributed by atoms with Gasteiger partial charge in [-0.05, 0) is 56.1 Å². The standard InChI is InChI=1S/C43H30N2Si/c1-44-39-24-15-27-42(46(34-16-5-2-6-17-34,35-18-7-3-8-19-35)36-20-9-4-10-21-36)43(39)32-28-30-33(31-29-32)45-40-25-13-11-22-37(40)38-23-12-14-26-41(38)45/h2-31H. The monoisotopic (exact) mass is 602 g/mol. The molecule has 46 heavy (non-hydrogen) atoms. The lowest BCUT2D eigenvalue weighted by Crippen LogP contribution is -2.75. The molecule has 8 aromatic rings. The lowest BCUT2D eigenvalue weighted by atomic mass is 10.0. The maximum absolute atomic E-state index is 8.32. The SMILES string of the molecule is [C-]#[N+]c1cccc([Si](c2ccccc2)(c2ccccc2)c2ccccc2)c1-c1ccc(-n2c3ccccc3c3ccccc32)cc1. The third-order valence-electron chi connectivity index (χ3n) is 9.18. The van der Waals surface area contributed by atoms with Crippen LogP contribution in [0, 0.1) is 6.57 Å². The first-order valence-corrected chi connectivity index (χ1v) is 17.6. The highest BCUT2D eigenvalue weighted by atomic mass is 28.3. The molecule has 216 valence electrons. The van der Waals surface area contributed by atoms with Crippen LogP contribution in [0.4, 0.5) is 5.69 Å². The van der Waals surface area contributed by atoms with E-state index in [9.17, 15) is 0 Å². The van der Waals surface area contributed by atoms with Gasteiger partial charge in [-0.2, -0.15) is 0 Å². The van der Waals surface area contributed by atoms with Crippen molar-refractivity contribution in [2.45, 2.75) is 0 Å². The first-order valence-electron chi connectivity index (χ1n) is 15.6. The molecule has 0 N–H and O–H groups in total. The van der Waals surface area contributed by atoms with Crippen molar-refractivity contribution >= 4 is 56.3 Å². The Balaban J connectivity index is 1.40. The predicted molar refractivity (Wildman–Crippen MR) is 196 cm³/mol. The van der Waals surface area contributed by atoms with Crippen molar-refractivity contribution in [3.63, 3.8) is 0 Å². The number of nitrogens with zero attached hydrogens (tertiary/aromatic N) is 2. The summed E-state index contributed by atoms with van der Waals surface area (Å²) in [6.45, 7) is 8.32. The largest absolute Gasteiger partial charge is 0.309 e. The van der Waals surface area contributed by atoms with Gasteiger partial charge in [0.25, 0.3) is 0 Å². The molecule has 0 aliphatic heterocycles. The van der Waals surface area contributed by atoms with Crippen molar-refractivity contribution in [1.29, 1.82) is 0 Å². The van der Waals surface area contributed by atoms with E-state index in [-0.39, 0.29) is 0 Å². The molecule has 3 heteroatoms. The van der Waals surface area contributed by atoms with Gasteiger partial charge in [-0.25, -0.2) is 4.85 Å².